The predicted octanol–water partition coefficient (Wildman–Crippen LogP) is 5.73. The Balaban J connectivity index is 1.47. The van der Waals surface area contributed by atoms with Crippen molar-refractivity contribution >= 4 is 45.9 Å². The molecule has 0 bridgehead atoms. The summed E-state index contributed by atoms with van der Waals surface area (Å²) < 4.78 is 10.4. The summed E-state index contributed by atoms with van der Waals surface area (Å²) in [5.74, 6) is -0.290. The van der Waals surface area contributed by atoms with Crippen molar-refractivity contribution in [1.82, 2.24) is 5.32 Å². The van der Waals surface area contributed by atoms with Crippen molar-refractivity contribution in [2.45, 2.75) is 32.7 Å². The molecule has 0 unspecified atom stereocenters. The number of benzene rings is 3. The fourth-order valence-electron chi connectivity index (χ4n) is 3.32. The van der Waals surface area contributed by atoms with Crippen molar-refractivity contribution in [3.63, 3.8) is 0 Å². The molecular weight excluding hydrogens is 449 g/mol. The van der Waals surface area contributed by atoms with Crippen molar-refractivity contribution in [3.05, 3.63) is 75.8 Å². The molecule has 0 aliphatic rings. The molecule has 1 N–H and O–H groups in total. The smallest absolute Gasteiger partial charge is 0.314 e. The van der Waals surface area contributed by atoms with Gasteiger partial charge in [0, 0.05) is 30.1 Å². The van der Waals surface area contributed by atoms with Crippen LogP contribution in [0.3, 0.4) is 0 Å². The average molecular weight is 474 g/mol. The second kappa shape index (κ2) is 11.9. The predicted molar refractivity (Wildman–Crippen MR) is 127 cm³/mol. The first-order valence-electron chi connectivity index (χ1n) is 10.4. The number of carbonyl (C=O) groups excluding carboxylic acids is 2. The highest BCUT2D eigenvalue weighted by Crippen LogP contribution is 2.26. The fraction of sp³-hybridized carbons (Fsp3) is 0.280. The highest BCUT2D eigenvalue weighted by atomic mass is 35.5. The van der Waals surface area contributed by atoms with Crippen LogP contribution in [0.25, 0.3) is 10.8 Å². The van der Waals surface area contributed by atoms with Crippen molar-refractivity contribution in [1.29, 1.82) is 0 Å². The topological polar surface area (TPSA) is 64.6 Å². The van der Waals surface area contributed by atoms with E-state index in [1.54, 1.807) is 0 Å². The SMILES string of the molecule is CC(=O)OC(=O)CCNCc1ccc2cc(OCCCc3c(Cl)cccc3Cl)ccc2c1. The lowest BCUT2D eigenvalue weighted by molar-refractivity contribution is -0.157. The van der Waals surface area contributed by atoms with E-state index in [2.05, 4.69) is 16.1 Å². The molecule has 0 spiro atoms. The van der Waals surface area contributed by atoms with Crippen LogP contribution < -0.4 is 10.1 Å². The normalized spacial score (nSPS) is 10.8. The first kappa shape index (κ1) is 24.1. The molecule has 0 atom stereocenters. The first-order valence-corrected chi connectivity index (χ1v) is 11.2. The van der Waals surface area contributed by atoms with Crippen LogP contribution in [0.15, 0.2) is 54.6 Å². The van der Waals surface area contributed by atoms with Crippen LogP contribution in [0.2, 0.25) is 10.0 Å². The number of nitrogens with one attached hydrogen (secondary N) is 1. The molecular formula is C25H25Cl2NO4. The van der Waals surface area contributed by atoms with Gasteiger partial charge in [-0.15, -0.1) is 0 Å². The summed E-state index contributed by atoms with van der Waals surface area (Å²) in [6, 6.07) is 17.7. The summed E-state index contributed by atoms with van der Waals surface area (Å²) in [5, 5.41) is 6.75. The van der Waals surface area contributed by atoms with Gasteiger partial charge in [-0.05, 0) is 65.1 Å². The molecule has 0 saturated carbocycles. The highest BCUT2D eigenvalue weighted by Gasteiger charge is 2.07. The molecule has 7 heteroatoms. The highest BCUT2D eigenvalue weighted by molar-refractivity contribution is 6.35. The van der Waals surface area contributed by atoms with Gasteiger partial charge in [-0.1, -0.05) is 47.5 Å². The standard InChI is InChI=1S/C25H25Cl2NO4/c1-17(29)32-25(30)11-12-28-16-18-7-8-20-15-21(10-9-19(20)14-18)31-13-3-4-22-23(26)5-2-6-24(22)27/h2,5-10,14-15,28H,3-4,11-13,16H2,1H3. The number of ether oxygens (including phenoxy) is 2. The van der Waals surface area contributed by atoms with Crippen LogP contribution in [0.1, 0.15) is 30.9 Å². The van der Waals surface area contributed by atoms with Crippen molar-refractivity contribution < 1.29 is 19.1 Å². The van der Waals surface area contributed by atoms with Gasteiger partial charge < -0.3 is 14.8 Å². The molecule has 168 valence electrons. The number of esters is 2. The third kappa shape index (κ3) is 7.23. The van der Waals surface area contributed by atoms with Gasteiger partial charge in [-0.2, -0.15) is 0 Å². The molecule has 3 aromatic rings. The summed E-state index contributed by atoms with van der Waals surface area (Å²) in [5.41, 5.74) is 2.05. The summed E-state index contributed by atoms with van der Waals surface area (Å²) in [6.07, 6.45) is 1.72. The molecule has 0 aromatic heterocycles. The molecule has 3 aromatic carbocycles. The van der Waals surface area contributed by atoms with Crippen molar-refractivity contribution in [2.24, 2.45) is 0 Å². The van der Waals surface area contributed by atoms with E-state index in [0.29, 0.717) is 29.7 Å². The Hall–Kier alpha value is -2.60. The first-order chi connectivity index (χ1) is 15.4. The molecule has 0 aliphatic heterocycles. The van der Waals surface area contributed by atoms with E-state index in [-0.39, 0.29) is 6.42 Å². The number of carbonyl (C=O) groups is 2. The van der Waals surface area contributed by atoms with Gasteiger partial charge in [0.25, 0.3) is 0 Å². The Morgan fingerprint density at radius 1 is 0.969 bits per heavy atom. The molecule has 0 amide bonds. The zero-order valence-electron chi connectivity index (χ0n) is 17.8. The van der Waals surface area contributed by atoms with Crippen LogP contribution >= 0.6 is 23.2 Å². The number of rotatable bonds is 10. The molecule has 0 aliphatic carbocycles. The van der Waals surface area contributed by atoms with Crippen LogP contribution in [-0.2, 0) is 27.3 Å². The lowest BCUT2D eigenvalue weighted by Crippen LogP contribution is -2.20. The van der Waals surface area contributed by atoms with E-state index >= 15 is 0 Å². The van der Waals surface area contributed by atoms with E-state index in [4.69, 9.17) is 27.9 Å². The van der Waals surface area contributed by atoms with Gasteiger partial charge in [0.15, 0.2) is 0 Å². The summed E-state index contributed by atoms with van der Waals surface area (Å²) in [6.45, 7) is 2.84. The lowest BCUT2D eigenvalue weighted by atomic mass is 10.1. The Morgan fingerprint density at radius 3 is 2.44 bits per heavy atom. The van der Waals surface area contributed by atoms with E-state index < -0.39 is 11.9 Å². The van der Waals surface area contributed by atoms with Gasteiger partial charge in [0.05, 0.1) is 13.0 Å². The third-order valence-corrected chi connectivity index (χ3v) is 5.58. The minimum atomic E-state index is -0.585. The van der Waals surface area contributed by atoms with Gasteiger partial charge in [0.2, 0.25) is 0 Å². The van der Waals surface area contributed by atoms with E-state index in [1.807, 2.05) is 48.5 Å². The van der Waals surface area contributed by atoms with E-state index in [1.165, 1.54) is 6.92 Å². The lowest BCUT2D eigenvalue weighted by Gasteiger charge is -2.10. The van der Waals surface area contributed by atoms with E-state index in [9.17, 15) is 9.59 Å². The summed E-state index contributed by atoms with van der Waals surface area (Å²) in [4.78, 5) is 22.1. The van der Waals surface area contributed by atoms with Crippen LogP contribution in [0.5, 0.6) is 5.75 Å². The van der Waals surface area contributed by atoms with Crippen molar-refractivity contribution in [3.8, 4) is 5.75 Å². The molecule has 0 heterocycles. The maximum absolute atomic E-state index is 11.4. The second-order valence-electron chi connectivity index (χ2n) is 7.39. The maximum atomic E-state index is 11.4. The Bertz CT molecular complexity index is 1080. The quantitative estimate of drug-likeness (QED) is 0.231. The molecule has 32 heavy (non-hydrogen) atoms. The summed E-state index contributed by atoms with van der Waals surface area (Å²) >= 11 is 12.4. The minimum absolute atomic E-state index is 0.149. The average Bonchev–Trinajstić information content (AvgIpc) is 2.75. The zero-order chi connectivity index (χ0) is 22.9. The monoisotopic (exact) mass is 473 g/mol. The minimum Gasteiger partial charge on any atom is -0.494 e. The Morgan fingerprint density at radius 2 is 1.69 bits per heavy atom. The van der Waals surface area contributed by atoms with Gasteiger partial charge in [0.1, 0.15) is 5.75 Å². The van der Waals surface area contributed by atoms with Gasteiger partial charge in [-0.3, -0.25) is 9.59 Å². The van der Waals surface area contributed by atoms with Crippen LogP contribution in [0, 0.1) is 0 Å². The summed E-state index contributed by atoms with van der Waals surface area (Å²) in [7, 11) is 0. The largest absolute Gasteiger partial charge is 0.494 e. The number of halogens is 2. The number of hydrogen-bond donors (Lipinski definition) is 1. The maximum Gasteiger partial charge on any atom is 0.314 e. The van der Waals surface area contributed by atoms with Gasteiger partial charge in [-0.25, -0.2) is 0 Å². The van der Waals surface area contributed by atoms with Crippen LogP contribution in [0.4, 0.5) is 0 Å². The molecule has 0 radical (unpaired) electrons. The van der Waals surface area contributed by atoms with E-state index in [0.717, 1.165) is 40.5 Å². The third-order valence-electron chi connectivity index (χ3n) is 4.87. The molecule has 0 fully saturated rings. The van der Waals surface area contributed by atoms with Gasteiger partial charge >= 0.3 is 11.9 Å². The number of hydrogen-bond acceptors (Lipinski definition) is 5. The molecule has 5 nitrogen and oxygen atoms in total. The molecule has 3 rings (SSSR count). The number of fused-ring (bicyclic) bond motifs is 1. The second-order valence-corrected chi connectivity index (χ2v) is 8.20. The zero-order valence-corrected chi connectivity index (χ0v) is 19.3. The van der Waals surface area contributed by atoms with Crippen molar-refractivity contribution in [2.75, 3.05) is 13.2 Å². The Labute approximate surface area is 197 Å². The van der Waals surface area contributed by atoms with Crippen LogP contribution in [-0.4, -0.2) is 25.1 Å². The Kier molecular flexibility index (Phi) is 8.91. The molecule has 0 saturated heterocycles. The fourth-order valence-corrected chi connectivity index (χ4v) is 3.90.